The normalized spacial score (nSPS) is 10.5. The molecule has 2 aromatic rings. The van der Waals surface area contributed by atoms with E-state index in [1.807, 2.05) is 30.3 Å². The van der Waals surface area contributed by atoms with E-state index in [1.54, 1.807) is 6.20 Å². The number of hydrogen-bond acceptors (Lipinski definition) is 3. The SMILES string of the molecule is O=C(O)CCCCCOc1ccc2cccnc2c1. The molecule has 0 amide bonds. The Hall–Kier alpha value is -2.10. The van der Waals surface area contributed by atoms with Gasteiger partial charge in [0.15, 0.2) is 0 Å². The number of nitrogens with zero attached hydrogens (tertiary/aromatic N) is 1. The van der Waals surface area contributed by atoms with Crippen LogP contribution in [0.4, 0.5) is 0 Å². The summed E-state index contributed by atoms with van der Waals surface area (Å²) in [6.45, 7) is 0.609. The van der Waals surface area contributed by atoms with E-state index >= 15 is 0 Å². The predicted molar refractivity (Wildman–Crippen MR) is 73.3 cm³/mol. The molecular weight excluding hydrogens is 242 g/mol. The Morgan fingerprint density at radius 1 is 1.21 bits per heavy atom. The smallest absolute Gasteiger partial charge is 0.303 e. The second-order valence-electron chi connectivity index (χ2n) is 4.41. The van der Waals surface area contributed by atoms with Crippen molar-refractivity contribution in [1.82, 2.24) is 4.98 Å². The molecule has 1 N–H and O–H groups in total. The molecule has 0 atom stereocenters. The number of carboxylic acid groups (broad SMARTS) is 1. The lowest BCUT2D eigenvalue weighted by molar-refractivity contribution is -0.137. The van der Waals surface area contributed by atoms with Gasteiger partial charge in [0.2, 0.25) is 0 Å². The fourth-order valence-electron chi connectivity index (χ4n) is 1.88. The van der Waals surface area contributed by atoms with Gasteiger partial charge in [0.05, 0.1) is 12.1 Å². The van der Waals surface area contributed by atoms with Crippen molar-refractivity contribution in [1.29, 1.82) is 0 Å². The highest BCUT2D eigenvalue weighted by Crippen LogP contribution is 2.19. The summed E-state index contributed by atoms with van der Waals surface area (Å²) in [6, 6.07) is 9.76. The van der Waals surface area contributed by atoms with E-state index in [0.717, 1.165) is 29.5 Å². The molecule has 0 aliphatic carbocycles. The quantitative estimate of drug-likeness (QED) is 0.775. The van der Waals surface area contributed by atoms with Crippen LogP contribution in [0.2, 0.25) is 0 Å². The lowest BCUT2D eigenvalue weighted by Crippen LogP contribution is -1.99. The number of ether oxygens (including phenoxy) is 1. The summed E-state index contributed by atoms with van der Waals surface area (Å²) < 4.78 is 5.63. The van der Waals surface area contributed by atoms with Gasteiger partial charge in [0, 0.05) is 24.1 Å². The summed E-state index contributed by atoms with van der Waals surface area (Å²) in [5, 5.41) is 9.60. The van der Waals surface area contributed by atoms with Gasteiger partial charge >= 0.3 is 5.97 Å². The van der Waals surface area contributed by atoms with Crippen molar-refractivity contribution in [2.24, 2.45) is 0 Å². The van der Waals surface area contributed by atoms with Gasteiger partial charge in [-0.25, -0.2) is 0 Å². The van der Waals surface area contributed by atoms with Crippen LogP contribution in [0.25, 0.3) is 10.9 Å². The molecule has 0 saturated carbocycles. The average Bonchev–Trinajstić information content (AvgIpc) is 2.42. The number of unbranched alkanes of at least 4 members (excludes halogenated alkanes) is 2. The minimum absolute atomic E-state index is 0.236. The summed E-state index contributed by atoms with van der Waals surface area (Å²) in [7, 11) is 0. The molecule has 0 bridgehead atoms. The second-order valence-corrected chi connectivity index (χ2v) is 4.41. The van der Waals surface area contributed by atoms with Crippen molar-refractivity contribution in [3.63, 3.8) is 0 Å². The second kappa shape index (κ2) is 6.73. The third-order valence-corrected chi connectivity index (χ3v) is 2.88. The molecular formula is C15H17NO3. The zero-order valence-electron chi connectivity index (χ0n) is 10.7. The molecule has 2 rings (SSSR count). The molecule has 4 nitrogen and oxygen atoms in total. The molecule has 0 radical (unpaired) electrons. The van der Waals surface area contributed by atoms with Gasteiger partial charge in [-0.15, -0.1) is 0 Å². The number of fused-ring (bicyclic) bond motifs is 1. The molecule has 4 heteroatoms. The summed E-state index contributed by atoms with van der Waals surface area (Å²) in [4.78, 5) is 14.6. The summed E-state index contributed by atoms with van der Waals surface area (Å²) >= 11 is 0. The van der Waals surface area contributed by atoms with E-state index in [2.05, 4.69) is 4.98 Å². The third-order valence-electron chi connectivity index (χ3n) is 2.88. The number of benzene rings is 1. The lowest BCUT2D eigenvalue weighted by Gasteiger charge is -2.06. The molecule has 1 heterocycles. The number of hydrogen-bond donors (Lipinski definition) is 1. The number of aromatic nitrogens is 1. The Labute approximate surface area is 112 Å². The van der Waals surface area contributed by atoms with E-state index < -0.39 is 5.97 Å². The molecule has 0 fully saturated rings. The highest BCUT2D eigenvalue weighted by molar-refractivity contribution is 5.79. The maximum absolute atomic E-state index is 10.3. The van der Waals surface area contributed by atoms with Gasteiger partial charge in [0.1, 0.15) is 5.75 Å². The van der Waals surface area contributed by atoms with E-state index in [1.165, 1.54) is 0 Å². The van der Waals surface area contributed by atoms with Crippen LogP contribution >= 0.6 is 0 Å². The molecule has 1 aromatic heterocycles. The van der Waals surface area contributed by atoms with E-state index in [9.17, 15) is 4.79 Å². The van der Waals surface area contributed by atoms with Gasteiger partial charge < -0.3 is 9.84 Å². The predicted octanol–water partition coefficient (Wildman–Crippen LogP) is 3.26. The van der Waals surface area contributed by atoms with E-state index in [4.69, 9.17) is 9.84 Å². The summed E-state index contributed by atoms with van der Waals surface area (Å²) in [6.07, 6.45) is 4.45. The molecule has 19 heavy (non-hydrogen) atoms. The van der Waals surface area contributed by atoms with Crippen LogP contribution in [0.5, 0.6) is 5.75 Å². The monoisotopic (exact) mass is 259 g/mol. The van der Waals surface area contributed by atoms with Crippen LogP contribution < -0.4 is 4.74 Å². The number of carboxylic acids is 1. The maximum atomic E-state index is 10.3. The van der Waals surface area contributed by atoms with E-state index in [-0.39, 0.29) is 6.42 Å². The highest BCUT2D eigenvalue weighted by Gasteiger charge is 1.99. The van der Waals surface area contributed by atoms with Crippen LogP contribution in [0.3, 0.4) is 0 Å². The largest absolute Gasteiger partial charge is 0.494 e. The minimum Gasteiger partial charge on any atom is -0.494 e. The van der Waals surface area contributed by atoms with E-state index in [0.29, 0.717) is 13.0 Å². The van der Waals surface area contributed by atoms with Crippen molar-refractivity contribution in [3.05, 3.63) is 36.5 Å². The Balaban J connectivity index is 1.77. The zero-order chi connectivity index (χ0) is 13.5. The number of pyridine rings is 1. The summed E-state index contributed by atoms with van der Waals surface area (Å²) in [5.41, 5.74) is 0.922. The average molecular weight is 259 g/mol. The van der Waals surface area contributed by atoms with Crippen LogP contribution in [0.1, 0.15) is 25.7 Å². The summed E-state index contributed by atoms with van der Waals surface area (Å²) in [5.74, 6) is 0.0750. The van der Waals surface area contributed by atoms with Crippen LogP contribution in [-0.2, 0) is 4.79 Å². The highest BCUT2D eigenvalue weighted by atomic mass is 16.5. The standard InChI is InChI=1S/C15H17NO3/c17-15(18)6-2-1-3-10-19-13-8-7-12-5-4-9-16-14(12)11-13/h4-5,7-9,11H,1-3,6,10H2,(H,17,18). The molecule has 1 aromatic carbocycles. The first-order valence-electron chi connectivity index (χ1n) is 6.45. The minimum atomic E-state index is -0.735. The van der Waals surface area contributed by atoms with Crippen molar-refractivity contribution < 1.29 is 14.6 Å². The molecule has 0 unspecified atom stereocenters. The Morgan fingerprint density at radius 3 is 2.95 bits per heavy atom. The first kappa shape index (κ1) is 13.3. The first-order valence-corrected chi connectivity index (χ1v) is 6.45. The fraction of sp³-hybridized carbons (Fsp3) is 0.333. The fourth-order valence-corrected chi connectivity index (χ4v) is 1.88. The van der Waals surface area contributed by atoms with Crippen molar-refractivity contribution in [2.45, 2.75) is 25.7 Å². The number of carbonyl (C=O) groups is 1. The van der Waals surface area contributed by atoms with Crippen LogP contribution in [-0.4, -0.2) is 22.7 Å². The van der Waals surface area contributed by atoms with Gasteiger partial charge in [-0.2, -0.15) is 0 Å². The number of aliphatic carboxylic acids is 1. The maximum Gasteiger partial charge on any atom is 0.303 e. The Bertz CT molecular complexity index is 554. The number of rotatable bonds is 7. The van der Waals surface area contributed by atoms with Crippen LogP contribution in [0, 0.1) is 0 Å². The van der Waals surface area contributed by atoms with Crippen molar-refractivity contribution >= 4 is 16.9 Å². The molecule has 0 saturated heterocycles. The van der Waals surface area contributed by atoms with Gasteiger partial charge in [-0.3, -0.25) is 9.78 Å². The Kier molecular flexibility index (Phi) is 4.72. The van der Waals surface area contributed by atoms with Crippen molar-refractivity contribution in [2.75, 3.05) is 6.61 Å². The Morgan fingerprint density at radius 2 is 2.11 bits per heavy atom. The van der Waals surface area contributed by atoms with Gasteiger partial charge in [-0.05, 0) is 37.5 Å². The van der Waals surface area contributed by atoms with Crippen LogP contribution in [0.15, 0.2) is 36.5 Å². The van der Waals surface area contributed by atoms with Crippen molar-refractivity contribution in [3.8, 4) is 5.75 Å². The molecule has 0 aliphatic rings. The topological polar surface area (TPSA) is 59.4 Å². The van der Waals surface area contributed by atoms with Gasteiger partial charge in [-0.1, -0.05) is 6.07 Å². The zero-order valence-corrected chi connectivity index (χ0v) is 10.7. The first-order chi connectivity index (χ1) is 9.25. The molecule has 0 spiro atoms. The molecule has 0 aliphatic heterocycles. The molecule has 100 valence electrons. The third kappa shape index (κ3) is 4.25. The van der Waals surface area contributed by atoms with Gasteiger partial charge in [0.25, 0.3) is 0 Å². The lowest BCUT2D eigenvalue weighted by atomic mass is 10.2.